The van der Waals surface area contributed by atoms with E-state index in [1.54, 1.807) is 17.2 Å². The standard InChI is InChI=1S/C9H18N2O3S2/c1-6-14-9(11(2)3)7-8(15-4)10-16(5,12)13/h7H,6H2,1-5H3/b9-7+,10-8?. The molecule has 0 radical (unpaired) electrons. The van der Waals surface area contributed by atoms with Gasteiger partial charge in [-0.2, -0.15) is 4.40 Å². The van der Waals surface area contributed by atoms with Gasteiger partial charge in [-0.3, -0.25) is 0 Å². The van der Waals surface area contributed by atoms with Gasteiger partial charge in [-0.15, -0.1) is 11.8 Å². The topological polar surface area (TPSA) is 59.0 Å². The van der Waals surface area contributed by atoms with E-state index in [9.17, 15) is 8.42 Å². The Balaban J connectivity index is 5.11. The maximum Gasteiger partial charge on any atom is 0.251 e. The molecule has 0 heterocycles. The van der Waals surface area contributed by atoms with Crippen LogP contribution < -0.4 is 0 Å². The van der Waals surface area contributed by atoms with Crippen molar-refractivity contribution in [1.29, 1.82) is 0 Å². The zero-order valence-electron chi connectivity index (χ0n) is 10.2. The predicted molar refractivity (Wildman–Crippen MR) is 69.2 cm³/mol. The Bertz CT molecular complexity index is 372. The van der Waals surface area contributed by atoms with Crippen LogP contribution in [0, 0.1) is 0 Å². The second-order valence-corrected chi connectivity index (χ2v) is 5.65. The highest BCUT2D eigenvalue weighted by Gasteiger charge is 2.06. The van der Waals surface area contributed by atoms with Crippen molar-refractivity contribution in [2.45, 2.75) is 6.92 Å². The maximum atomic E-state index is 11.0. The molecule has 0 bridgehead atoms. The van der Waals surface area contributed by atoms with Crippen LogP contribution in [0.3, 0.4) is 0 Å². The van der Waals surface area contributed by atoms with Crippen molar-refractivity contribution in [2.75, 3.05) is 33.2 Å². The van der Waals surface area contributed by atoms with Crippen LogP contribution in [-0.4, -0.2) is 51.6 Å². The van der Waals surface area contributed by atoms with Crippen LogP contribution in [0.15, 0.2) is 16.4 Å². The van der Waals surface area contributed by atoms with E-state index in [2.05, 4.69) is 4.40 Å². The van der Waals surface area contributed by atoms with Crippen molar-refractivity contribution in [3.05, 3.63) is 12.0 Å². The molecule has 0 N–H and O–H groups in total. The average Bonchev–Trinajstić information content (AvgIpc) is 2.13. The minimum Gasteiger partial charge on any atom is -0.479 e. The molecule has 0 atom stereocenters. The van der Waals surface area contributed by atoms with Crippen molar-refractivity contribution < 1.29 is 13.2 Å². The van der Waals surface area contributed by atoms with Gasteiger partial charge >= 0.3 is 0 Å². The molecule has 0 aromatic carbocycles. The monoisotopic (exact) mass is 266 g/mol. The molecule has 0 spiro atoms. The maximum absolute atomic E-state index is 11.0. The Morgan fingerprint density at radius 1 is 1.50 bits per heavy atom. The Morgan fingerprint density at radius 3 is 2.38 bits per heavy atom. The lowest BCUT2D eigenvalue weighted by atomic mass is 10.6. The predicted octanol–water partition coefficient (Wildman–Crippen LogP) is 1.15. The Morgan fingerprint density at radius 2 is 2.06 bits per heavy atom. The first-order valence-electron chi connectivity index (χ1n) is 4.66. The van der Waals surface area contributed by atoms with Gasteiger partial charge < -0.3 is 9.64 Å². The summed E-state index contributed by atoms with van der Waals surface area (Å²) in [4.78, 5) is 1.76. The lowest BCUT2D eigenvalue weighted by Gasteiger charge is -2.16. The Labute approximate surface area is 102 Å². The number of nitrogens with zero attached hydrogens (tertiary/aromatic N) is 2. The lowest BCUT2D eigenvalue weighted by molar-refractivity contribution is 0.153. The summed E-state index contributed by atoms with van der Waals surface area (Å²) in [5.74, 6) is 0.583. The zero-order valence-corrected chi connectivity index (χ0v) is 11.9. The normalized spacial score (nSPS) is 13.8. The summed E-state index contributed by atoms with van der Waals surface area (Å²) in [5.41, 5.74) is 0. The molecule has 0 amide bonds. The third kappa shape index (κ3) is 6.73. The molecule has 0 aromatic heterocycles. The molecule has 7 heteroatoms. The summed E-state index contributed by atoms with van der Waals surface area (Å²) in [6.07, 6.45) is 4.43. The molecular formula is C9H18N2O3S2. The van der Waals surface area contributed by atoms with Crippen molar-refractivity contribution in [3.8, 4) is 0 Å². The number of rotatable bonds is 5. The van der Waals surface area contributed by atoms with E-state index in [0.717, 1.165) is 6.26 Å². The van der Waals surface area contributed by atoms with Crippen LogP contribution in [0.4, 0.5) is 0 Å². The minimum atomic E-state index is -3.37. The van der Waals surface area contributed by atoms with Gasteiger partial charge in [0, 0.05) is 20.2 Å². The average molecular weight is 266 g/mol. The number of ether oxygens (including phenoxy) is 1. The molecule has 0 saturated carbocycles. The number of hydrogen-bond donors (Lipinski definition) is 0. The van der Waals surface area contributed by atoms with Crippen molar-refractivity contribution in [1.82, 2.24) is 4.90 Å². The fraction of sp³-hybridized carbons (Fsp3) is 0.667. The fourth-order valence-corrected chi connectivity index (χ4v) is 2.14. The second-order valence-electron chi connectivity index (χ2n) is 3.18. The van der Waals surface area contributed by atoms with Gasteiger partial charge in [0.2, 0.25) is 0 Å². The van der Waals surface area contributed by atoms with E-state index in [1.807, 2.05) is 21.0 Å². The molecule has 0 aromatic rings. The van der Waals surface area contributed by atoms with E-state index in [4.69, 9.17) is 4.74 Å². The van der Waals surface area contributed by atoms with E-state index in [0.29, 0.717) is 17.5 Å². The van der Waals surface area contributed by atoms with E-state index >= 15 is 0 Å². The Hall–Kier alpha value is -0.690. The summed E-state index contributed by atoms with van der Waals surface area (Å²) in [6, 6.07) is 0. The first kappa shape index (κ1) is 15.3. The quantitative estimate of drug-likeness (QED) is 0.424. The smallest absolute Gasteiger partial charge is 0.251 e. The third-order valence-corrected chi connectivity index (χ3v) is 2.72. The molecule has 0 aliphatic carbocycles. The van der Waals surface area contributed by atoms with E-state index in [-0.39, 0.29) is 0 Å². The van der Waals surface area contributed by atoms with Crippen molar-refractivity contribution in [2.24, 2.45) is 4.40 Å². The number of sulfonamides is 1. The highest BCUT2D eigenvalue weighted by atomic mass is 32.2. The molecule has 5 nitrogen and oxygen atoms in total. The van der Waals surface area contributed by atoms with Gasteiger partial charge in [0.15, 0.2) is 5.88 Å². The highest BCUT2D eigenvalue weighted by Crippen LogP contribution is 2.09. The van der Waals surface area contributed by atoms with Crippen LogP contribution in [0.1, 0.15) is 6.92 Å². The van der Waals surface area contributed by atoms with Crippen molar-refractivity contribution in [3.63, 3.8) is 0 Å². The SMILES string of the molecule is CCO/C(=C/C(=NS(C)(=O)=O)SC)N(C)C. The number of hydrogen-bond acceptors (Lipinski definition) is 5. The van der Waals surface area contributed by atoms with Gasteiger partial charge in [0.25, 0.3) is 10.0 Å². The molecule has 94 valence electrons. The van der Waals surface area contributed by atoms with Crippen LogP contribution in [0.25, 0.3) is 0 Å². The molecule has 0 saturated heterocycles. The fourth-order valence-electron chi connectivity index (χ4n) is 0.839. The van der Waals surface area contributed by atoms with Crippen molar-refractivity contribution >= 4 is 26.8 Å². The molecule has 0 aliphatic rings. The third-order valence-electron chi connectivity index (χ3n) is 1.44. The largest absolute Gasteiger partial charge is 0.479 e. The molecule has 0 aliphatic heterocycles. The van der Waals surface area contributed by atoms with Crippen LogP contribution in [0.5, 0.6) is 0 Å². The van der Waals surface area contributed by atoms with Crippen LogP contribution >= 0.6 is 11.8 Å². The summed E-state index contributed by atoms with van der Waals surface area (Å²) >= 11 is 1.26. The molecule has 16 heavy (non-hydrogen) atoms. The lowest BCUT2D eigenvalue weighted by Crippen LogP contribution is -2.15. The summed E-state index contributed by atoms with van der Waals surface area (Å²) in [5, 5.41) is 0.402. The van der Waals surface area contributed by atoms with E-state index in [1.165, 1.54) is 11.8 Å². The Kier molecular flexibility index (Phi) is 6.51. The summed E-state index contributed by atoms with van der Waals surface area (Å²) in [6.45, 7) is 2.38. The van der Waals surface area contributed by atoms with Gasteiger partial charge in [0.05, 0.1) is 12.9 Å². The molecule has 0 rings (SSSR count). The van der Waals surface area contributed by atoms with E-state index < -0.39 is 10.0 Å². The summed E-state index contributed by atoms with van der Waals surface area (Å²) < 4.78 is 31.0. The first-order chi connectivity index (χ1) is 7.30. The number of thioether (sulfide) groups is 1. The zero-order chi connectivity index (χ0) is 12.8. The summed E-state index contributed by atoms with van der Waals surface area (Å²) in [7, 11) is 0.265. The minimum absolute atomic E-state index is 0.402. The highest BCUT2D eigenvalue weighted by molar-refractivity contribution is 8.14. The van der Waals surface area contributed by atoms with Crippen LogP contribution in [0.2, 0.25) is 0 Å². The molecular weight excluding hydrogens is 248 g/mol. The van der Waals surface area contributed by atoms with Gasteiger partial charge in [-0.25, -0.2) is 8.42 Å². The van der Waals surface area contributed by atoms with Gasteiger partial charge in [-0.1, -0.05) is 0 Å². The van der Waals surface area contributed by atoms with Crippen LogP contribution in [-0.2, 0) is 14.8 Å². The molecule has 0 fully saturated rings. The second kappa shape index (κ2) is 6.80. The molecule has 0 unspecified atom stereocenters. The first-order valence-corrected chi connectivity index (χ1v) is 7.73. The van der Waals surface area contributed by atoms with Gasteiger partial charge in [-0.05, 0) is 13.2 Å². The van der Waals surface area contributed by atoms with Gasteiger partial charge in [0.1, 0.15) is 5.04 Å².